The molecule has 0 aliphatic heterocycles. The quantitative estimate of drug-likeness (QED) is 0.424. The second-order valence-corrected chi connectivity index (χ2v) is 9.12. The molecule has 1 aromatic rings. The van der Waals surface area contributed by atoms with E-state index >= 15 is 0 Å². The first kappa shape index (κ1) is 22.9. The molecule has 0 atom stereocenters. The Labute approximate surface area is 181 Å². The largest absolute Gasteiger partial charge is 0.491 e. The van der Waals surface area contributed by atoms with Crippen molar-refractivity contribution in [2.75, 3.05) is 19.8 Å². The van der Waals surface area contributed by atoms with Crippen molar-refractivity contribution in [3.05, 3.63) is 41.5 Å². The lowest BCUT2D eigenvalue weighted by Gasteiger charge is -2.36. The van der Waals surface area contributed by atoms with Gasteiger partial charge in [0.05, 0.1) is 13.2 Å². The maximum Gasteiger partial charge on any atom is 0.333 e. The molecule has 2 aliphatic carbocycles. The van der Waals surface area contributed by atoms with Crippen molar-refractivity contribution in [3.8, 4) is 5.75 Å². The molecule has 1 N–H and O–H groups in total. The molecular formula is C26H38O4. The fourth-order valence-corrected chi connectivity index (χ4v) is 5.25. The first-order chi connectivity index (χ1) is 14.6. The molecule has 2 aliphatic rings. The summed E-state index contributed by atoms with van der Waals surface area (Å²) >= 11 is 0. The number of carbonyl (C=O) groups excluding carboxylic acids is 1. The highest BCUT2D eigenvalue weighted by Crippen LogP contribution is 2.43. The van der Waals surface area contributed by atoms with Crippen LogP contribution in [0.3, 0.4) is 0 Å². The summed E-state index contributed by atoms with van der Waals surface area (Å²) in [5.41, 5.74) is 2.83. The van der Waals surface area contributed by atoms with Gasteiger partial charge in [0, 0.05) is 12.0 Å². The Kier molecular flexibility index (Phi) is 8.80. The van der Waals surface area contributed by atoms with Gasteiger partial charge >= 0.3 is 5.97 Å². The van der Waals surface area contributed by atoms with Crippen LogP contribution >= 0.6 is 0 Å². The van der Waals surface area contributed by atoms with Crippen LogP contribution in [0.5, 0.6) is 5.75 Å². The van der Waals surface area contributed by atoms with Crippen LogP contribution in [0, 0.1) is 11.8 Å². The van der Waals surface area contributed by atoms with Crippen molar-refractivity contribution in [2.45, 2.75) is 77.0 Å². The van der Waals surface area contributed by atoms with Gasteiger partial charge in [0.1, 0.15) is 12.4 Å². The lowest BCUT2D eigenvalue weighted by Crippen LogP contribution is -2.23. The monoisotopic (exact) mass is 414 g/mol. The van der Waals surface area contributed by atoms with E-state index in [1.54, 1.807) is 6.92 Å². The summed E-state index contributed by atoms with van der Waals surface area (Å²) in [6.45, 7) is 5.84. The van der Waals surface area contributed by atoms with Gasteiger partial charge < -0.3 is 14.6 Å². The summed E-state index contributed by atoms with van der Waals surface area (Å²) in [7, 11) is 0. The molecule has 1 aromatic carbocycles. The van der Waals surface area contributed by atoms with Crippen LogP contribution in [0.1, 0.15) is 81.8 Å². The summed E-state index contributed by atoms with van der Waals surface area (Å²) in [6, 6.07) is 6.43. The molecule has 2 saturated carbocycles. The summed E-state index contributed by atoms with van der Waals surface area (Å²) < 4.78 is 11.0. The normalized spacial score (nSPS) is 22.5. The van der Waals surface area contributed by atoms with Gasteiger partial charge in [-0.25, -0.2) is 4.79 Å². The van der Waals surface area contributed by atoms with Crippen molar-refractivity contribution in [2.24, 2.45) is 11.8 Å². The molecule has 4 nitrogen and oxygen atoms in total. The molecule has 0 bridgehead atoms. The van der Waals surface area contributed by atoms with Crippen molar-refractivity contribution >= 4 is 5.97 Å². The number of rotatable bonds is 9. The number of benzene rings is 1. The van der Waals surface area contributed by atoms with Crippen molar-refractivity contribution in [1.82, 2.24) is 0 Å². The molecule has 0 spiro atoms. The molecule has 0 amide bonds. The second kappa shape index (κ2) is 11.5. The third kappa shape index (κ3) is 6.34. The van der Waals surface area contributed by atoms with E-state index in [-0.39, 0.29) is 19.2 Å². The van der Waals surface area contributed by atoms with E-state index in [1.165, 1.54) is 63.4 Å². The smallest absolute Gasteiger partial charge is 0.333 e. The average molecular weight is 415 g/mol. The minimum absolute atomic E-state index is 0.0168. The minimum atomic E-state index is -0.356. The number of ether oxygens (including phenoxy) is 2. The first-order valence-electron chi connectivity index (χ1n) is 11.8. The van der Waals surface area contributed by atoms with Crippen LogP contribution in [0.4, 0.5) is 0 Å². The SMILES string of the molecule is C=C(C)C(=O)OCCc1cc(C2CCC(C3CCCCC3)CC2)ccc1OCCO. The lowest BCUT2D eigenvalue weighted by molar-refractivity contribution is -0.138. The zero-order chi connectivity index (χ0) is 21.3. The Hall–Kier alpha value is -1.81. The summed E-state index contributed by atoms with van der Waals surface area (Å²) in [5, 5.41) is 9.12. The maximum atomic E-state index is 11.7. The van der Waals surface area contributed by atoms with Gasteiger partial charge in [-0.1, -0.05) is 50.8 Å². The molecule has 4 heteroatoms. The first-order valence-corrected chi connectivity index (χ1v) is 11.8. The lowest BCUT2D eigenvalue weighted by atomic mass is 9.70. The zero-order valence-electron chi connectivity index (χ0n) is 18.5. The minimum Gasteiger partial charge on any atom is -0.491 e. The van der Waals surface area contributed by atoms with Gasteiger partial charge in [-0.05, 0) is 67.6 Å². The van der Waals surface area contributed by atoms with E-state index in [9.17, 15) is 4.79 Å². The van der Waals surface area contributed by atoms with E-state index in [0.29, 0.717) is 24.5 Å². The van der Waals surface area contributed by atoms with Crippen LogP contribution in [-0.4, -0.2) is 30.9 Å². The number of hydrogen-bond acceptors (Lipinski definition) is 4. The van der Waals surface area contributed by atoms with Crippen molar-refractivity contribution < 1.29 is 19.4 Å². The van der Waals surface area contributed by atoms with Gasteiger partial charge in [-0.2, -0.15) is 0 Å². The van der Waals surface area contributed by atoms with Crippen LogP contribution in [-0.2, 0) is 16.0 Å². The van der Waals surface area contributed by atoms with Gasteiger partial charge in [0.25, 0.3) is 0 Å². The summed E-state index contributed by atoms with van der Waals surface area (Å²) in [4.78, 5) is 11.7. The Morgan fingerprint density at radius 1 is 1.03 bits per heavy atom. The maximum absolute atomic E-state index is 11.7. The highest BCUT2D eigenvalue weighted by molar-refractivity contribution is 5.86. The predicted octanol–water partition coefficient (Wildman–Crippen LogP) is 5.57. The van der Waals surface area contributed by atoms with Gasteiger partial charge in [0.2, 0.25) is 0 Å². The molecule has 0 aromatic heterocycles. The highest BCUT2D eigenvalue weighted by Gasteiger charge is 2.29. The number of aliphatic hydroxyl groups excluding tert-OH is 1. The topological polar surface area (TPSA) is 55.8 Å². The third-order valence-electron chi connectivity index (χ3n) is 6.95. The van der Waals surface area contributed by atoms with E-state index in [1.807, 2.05) is 6.07 Å². The third-order valence-corrected chi connectivity index (χ3v) is 6.95. The summed E-state index contributed by atoms with van der Waals surface area (Å²) in [6.07, 6.45) is 13.0. The van der Waals surface area contributed by atoms with E-state index in [2.05, 4.69) is 18.7 Å². The van der Waals surface area contributed by atoms with E-state index < -0.39 is 0 Å². The Morgan fingerprint density at radius 2 is 1.73 bits per heavy atom. The standard InChI is InChI=1S/C26H38O4/c1-19(2)26(28)30-16-14-24-18-23(12-13-25(24)29-17-15-27)22-10-8-21(9-11-22)20-6-4-3-5-7-20/h12-13,18,20-22,27H,1,3-11,14-17H2,2H3. The van der Waals surface area contributed by atoms with E-state index in [0.717, 1.165) is 23.1 Å². The molecule has 30 heavy (non-hydrogen) atoms. The van der Waals surface area contributed by atoms with Crippen LogP contribution < -0.4 is 4.74 Å². The molecule has 0 unspecified atom stereocenters. The molecule has 0 heterocycles. The molecule has 0 radical (unpaired) electrons. The van der Waals surface area contributed by atoms with Crippen LogP contribution in [0.25, 0.3) is 0 Å². The second-order valence-electron chi connectivity index (χ2n) is 9.12. The van der Waals surface area contributed by atoms with Crippen molar-refractivity contribution in [3.63, 3.8) is 0 Å². The Bertz CT molecular complexity index is 697. The summed E-state index contributed by atoms with van der Waals surface area (Å²) in [5.74, 6) is 2.91. The molecular weight excluding hydrogens is 376 g/mol. The number of hydrogen-bond donors (Lipinski definition) is 1. The highest BCUT2D eigenvalue weighted by atomic mass is 16.5. The Balaban J connectivity index is 1.61. The molecule has 2 fully saturated rings. The van der Waals surface area contributed by atoms with Crippen LogP contribution in [0.15, 0.2) is 30.4 Å². The predicted molar refractivity (Wildman–Crippen MR) is 120 cm³/mol. The Morgan fingerprint density at radius 3 is 2.40 bits per heavy atom. The van der Waals surface area contributed by atoms with E-state index in [4.69, 9.17) is 14.6 Å². The fourth-order valence-electron chi connectivity index (χ4n) is 5.25. The zero-order valence-corrected chi connectivity index (χ0v) is 18.5. The van der Waals surface area contributed by atoms with Crippen LogP contribution in [0.2, 0.25) is 0 Å². The fraction of sp³-hybridized carbons (Fsp3) is 0.654. The molecule has 0 saturated heterocycles. The molecule has 3 rings (SSSR count). The van der Waals surface area contributed by atoms with Crippen molar-refractivity contribution in [1.29, 1.82) is 0 Å². The van der Waals surface area contributed by atoms with Gasteiger partial charge in [-0.15, -0.1) is 0 Å². The molecule has 166 valence electrons. The average Bonchev–Trinajstić information content (AvgIpc) is 2.78. The number of aliphatic hydroxyl groups is 1. The van der Waals surface area contributed by atoms with Gasteiger partial charge in [-0.3, -0.25) is 0 Å². The van der Waals surface area contributed by atoms with Gasteiger partial charge in [0.15, 0.2) is 0 Å². The number of esters is 1. The number of carbonyl (C=O) groups is 1.